The second kappa shape index (κ2) is 10.0. The molecule has 1 fully saturated rings. The van der Waals surface area contributed by atoms with E-state index in [4.69, 9.17) is 0 Å². The van der Waals surface area contributed by atoms with Crippen molar-refractivity contribution in [1.82, 2.24) is 4.90 Å². The maximum absolute atomic E-state index is 12.3. The Bertz CT molecular complexity index is 569. The Morgan fingerprint density at radius 2 is 1.68 bits per heavy atom. The van der Waals surface area contributed by atoms with E-state index in [1.165, 1.54) is 31.7 Å². The van der Waals surface area contributed by atoms with Crippen LogP contribution in [-0.2, 0) is 4.79 Å². The zero-order chi connectivity index (χ0) is 18.1. The zero-order valence-corrected chi connectivity index (χ0v) is 15.2. The van der Waals surface area contributed by atoms with Gasteiger partial charge in [-0.05, 0) is 12.5 Å². The molecular weight excluding hydrogens is 318 g/mol. The van der Waals surface area contributed by atoms with Gasteiger partial charge in [0.25, 0.3) is 5.69 Å². The zero-order valence-electron chi connectivity index (χ0n) is 15.2. The van der Waals surface area contributed by atoms with Crippen LogP contribution < -0.4 is 4.90 Å². The van der Waals surface area contributed by atoms with Crippen LogP contribution in [0, 0.1) is 10.1 Å². The molecule has 0 aromatic heterocycles. The van der Waals surface area contributed by atoms with Gasteiger partial charge >= 0.3 is 0 Å². The summed E-state index contributed by atoms with van der Waals surface area (Å²) in [6.07, 6.45) is 7.71. The van der Waals surface area contributed by atoms with Crippen molar-refractivity contribution >= 4 is 17.3 Å². The maximum Gasteiger partial charge on any atom is 0.292 e. The average Bonchev–Trinajstić information content (AvgIpc) is 2.64. The molecule has 138 valence electrons. The lowest BCUT2D eigenvalue weighted by Crippen LogP contribution is -2.48. The van der Waals surface area contributed by atoms with Crippen LogP contribution in [-0.4, -0.2) is 41.9 Å². The van der Waals surface area contributed by atoms with E-state index in [0.29, 0.717) is 38.3 Å². The van der Waals surface area contributed by atoms with Gasteiger partial charge in [-0.3, -0.25) is 14.9 Å². The van der Waals surface area contributed by atoms with Crippen molar-refractivity contribution in [3.8, 4) is 0 Å². The number of hydrogen-bond acceptors (Lipinski definition) is 4. The van der Waals surface area contributed by atoms with E-state index in [2.05, 4.69) is 6.92 Å². The summed E-state index contributed by atoms with van der Waals surface area (Å²) in [6, 6.07) is 6.82. The van der Waals surface area contributed by atoms with E-state index in [1.807, 2.05) is 15.9 Å². The first-order valence-corrected chi connectivity index (χ1v) is 9.39. The number of unbranched alkanes of at least 4 members (excludes halogenated alkanes) is 5. The van der Waals surface area contributed by atoms with Crippen molar-refractivity contribution in [2.75, 3.05) is 31.1 Å². The van der Waals surface area contributed by atoms with Gasteiger partial charge in [0.15, 0.2) is 0 Å². The summed E-state index contributed by atoms with van der Waals surface area (Å²) in [4.78, 5) is 27.0. The van der Waals surface area contributed by atoms with Gasteiger partial charge in [-0.25, -0.2) is 0 Å². The highest BCUT2D eigenvalue weighted by molar-refractivity contribution is 5.76. The van der Waals surface area contributed by atoms with Crippen LogP contribution >= 0.6 is 0 Å². The molecule has 0 radical (unpaired) electrons. The molecule has 1 amide bonds. The summed E-state index contributed by atoms with van der Waals surface area (Å²) in [5, 5.41) is 11.2. The van der Waals surface area contributed by atoms with Gasteiger partial charge in [0.2, 0.25) is 5.91 Å². The van der Waals surface area contributed by atoms with Crippen molar-refractivity contribution in [2.24, 2.45) is 0 Å². The lowest BCUT2D eigenvalue weighted by atomic mass is 10.1. The molecule has 1 aromatic rings. The third-order valence-electron chi connectivity index (χ3n) is 4.80. The molecule has 6 heteroatoms. The number of anilines is 1. The van der Waals surface area contributed by atoms with Crippen molar-refractivity contribution in [3.05, 3.63) is 34.4 Å². The lowest BCUT2D eigenvalue weighted by Gasteiger charge is -2.35. The monoisotopic (exact) mass is 347 g/mol. The highest BCUT2D eigenvalue weighted by atomic mass is 16.6. The summed E-state index contributed by atoms with van der Waals surface area (Å²) in [5.41, 5.74) is 0.782. The van der Waals surface area contributed by atoms with E-state index < -0.39 is 0 Å². The highest BCUT2D eigenvalue weighted by Gasteiger charge is 2.25. The number of nitrogens with zero attached hydrogens (tertiary/aromatic N) is 3. The molecule has 0 N–H and O–H groups in total. The molecule has 1 heterocycles. The van der Waals surface area contributed by atoms with Crippen LogP contribution in [0.25, 0.3) is 0 Å². The van der Waals surface area contributed by atoms with Crippen LogP contribution in [0.4, 0.5) is 11.4 Å². The molecule has 0 atom stereocenters. The number of rotatable bonds is 9. The van der Waals surface area contributed by atoms with E-state index >= 15 is 0 Å². The van der Waals surface area contributed by atoms with Gasteiger partial charge in [-0.2, -0.15) is 0 Å². The largest absolute Gasteiger partial charge is 0.362 e. The van der Waals surface area contributed by atoms with E-state index in [0.717, 1.165) is 12.8 Å². The second-order valence-corrected chi connectivity index (χ2v) is 6.63. The predicted octanol–water partition coefficient (Wildman–Crippen LogP) is 3.99. The first-order valence-electron chi connectivity index (χ1n) is 9.39. The lowest BCUT2D eigenvalue weighted by molar-refractivity contribution is -0.384. The quantitative estimate of drug-likeness (QED) is 0.385. The summed E-state index contributed by atoms with van der Waals surface area (Å²) < 4.78 is 0. The number of piperazine rings is 1. The van der Waals surface area contributed by atoms with Crippen molar-refractivity contribution in [1.29, 1.82) is 0 Å². The molecule has 1 aliphatic rings. The highest BCUT2D eigenvalue weighted by Crippen LogP contribution is 2.28. The number of para-hydroxylation sites is 2. The predicted molar refractivity (Wildman–Crippen MR) is 99.9 cm³/mol. The molecule has 1 saturated heterocycles. The van der Waals surface area contributed by atoms with Crippen LogP contribution in [0.3, 0.4) is 0 Å². The smallest absolute Gasteiger partial charge is 0.292 e. The van der Waals surface area contributed by atoms with Crippen LogP contribution in [0.1, 0.15) is 51.9 Å². The number of carbonyl (C=O) groups is 1. The fourth-order valence-corrected chi connectivity index (χ4v) is 3.30. The van der Waals surface area contributed by atoms with Crippen LogP contribution in [0.2, 0.25) is 0 Å². The number of nitro benzene ring substituents is 1. The van der Waals surface area contributed by atoms with E-state index in [-0.39, 0.29) is 16.5 Å². The number of amides is 1. The topological polar surface area (TPSA) is 66.7 Å². The fraction of sp³-hybridized carbons (Fsp3) is 0.632. The third kappa shape index (κ3) is 5.73. The minimum atomic E-state index is -0.342. The molecule has 0 saturated carbocycles. The fourth-order valence-electron chi connectivity index (χ4n) is 3.30. The standard InChI is InChI=1S/C19H29N3O3/c1-2-3-4-5-6-7-12-19(23)21-15-13-20(14-16-21)17-10-8-9-11-18(17)22(24)25/h8-11H,2-7,12-16H2,1H3. The normalized spacial score (nSPS) is 14.6. The van der Waals surface area contributed by atoms with Crippen LogP contribution in [0.15, 0.2) is 24.3 Å². The first-order chi connectivity index (χ1) is 12.1. The molecule has 25 heavy (non-hydrogen) atoms. The Hall–Kier alpha value is -2.11. The van der Waals surface area contributed by atoms with Gasteiger partial charge in [-0.1, -0.05) is 51.2 Å². The number of nitro groups is 1. The second-order valence-electron chi connectivity index (χ2n) is 6.63. The molecule has 6 nitrogen and oxygen atoms in total. The maximum atomic E-state index is 12.3. The summed E-state index contributed by atoms with van der Waals surface area (Å²) in [6.45, 7) is 4.77. The third-order valence-corrected chi connectivity index (χ3v) is 4.80. The minimum Gasteiger partial charge on any atom is -0.362 e. The molecule has 0 unspecified atom stereocenters. The van der Waals surface area contributed by atoms with E-state index in [1.54, 1.807) is 12.1 Å². The van der Waals surface area contributed by atoms with Crippen molar-refractivity contribution in [2.45, 2.75) is 51.9 Å². The van der Waals surface area contributed by atoms with Gasteiger partial charge in [0.1, 0.15) is 5.69 Å². The minimum absolute atomic E-state index is 0.134. The average molecular weight is 347 g/mol. The molecule has 2 rings (SSSR count). The number of carbonyl (C=O) groups excluding carboxylic acids is 1. The van der Waals surface area contributed by atoms with Gasteiger partial charge in [-0.15, -0.1) is 0 Å². The Balaban J connectivity index is 1.76. The van der Waals surface area contributed by atoms with Crippen molar-refractivity contribution < 1.29 is 9.72 Å². The van der Waals surface area contributed by atoms with Crippen molar-refractivity contribution in [3.63, 3.8) is 0 Å². The molecule has 1 aliphatic heterocycles. The first kappa shape index (κ1) is 19.2. The molecule has 0 aliphatic carbocycles. The molecule has 0 bridgehead atoms. The summed E-state index contributed by atoms with van der Waals surface area (Å²) >= 11 is 0. The Kier molecular flexibility index (Phi) is 7.70. The number of benzene rings is 1. The van der Waals surface area contributed by atoms with Gasteiger partial charge in [0, 0.05) is 38.7 Å². The molecule has 0 spiro atoms. The molecule has 1 aromatic carbocycles. The SMILES string of the molecule is CCCCCCCCC(=O)N1CCN(c2ccccc2[N+](=O)[O-])CC1. The Labute approximate surface area is 150 Å². The summed E-state index contributed by atoms with van der Waals surface area (Å²) in [7, 11) is 0. The Morgan fingerprint density at radius 1 is 1.04 bits per heavy atom. The molecular formula is C19H29N3O3. The van der Waals surface area contributed by atoms with Gasteiger partial charge < -0.3 is 9.80 Å². The number of hydrogen-bond donors (Lipinski definition) is 0. The summed E-state index contributed by atoms with van der Waals surface area (Å²) in [5.74, 6) is 0.220. The van der Waals surface area contributed by atoms with Gasteiger partial charge in [0.05, 0.1) is 4.92 Å². The van der Waals surface area contributed by atoms with E-state index in [9.17, 15) is 14.9 Å². The Morgan fingerprint density at radius 3 is 2.36 bits per heavy atom. The van der Waals surface area contributed by atoms with Crippen LogP contribution in [0.5, 0.6) is 0 Å².